The van der Waals surface area contributed by atoms with Gasteiger partial charge in [-0.2, -0.15) is 0 Å². The van der Waals surface area contributed by atoms with Crippen molar-refractivity contribution >= 4 is 17.6 Å². The van der Waals surface area contributed by atoms with Crippen molar-refractivity contribution in [1.82, 2.24) is 4.90 Å². The Morgan fingerprint density at radius 1 is 1.00 bits per heavy atom. The molecule has 0 radical (unpaired) electrons. The topological polar surface area (TPSA) is 40.6 Å². The van der Waals surface area contributed by atoms with Gasteiger partial charge in [-0.1, -0.05) is 18.2 Å². The summed E-state index contributed by atoms with van der Waals surface area (Å²) in [6, 6.07) is 8.80. The summed E-state index contributed by atoms with van der Waals surface area (Å²) in [6.45, 7) is 9.40. The van der Waals surface area contributed by atoms with Crippen molar-refractivity contribution in [3.8, 4) is 0 Å². The summed E-state index contributed by atoms with van der Waals surface area (Å²) >= 11 is 0. The minimum absolute atomic E-state index is 0.182. The predicted octanol–water partition coefficient (Wildman–Crippen LogP) is 3.03. The first-order valence-electron chi connectivity index (χ1n) is 6.41. The molecule has 0 N–H and O–H groups in total. The number of carbonyl (C=O) groups excluding carboxylic acids is 2. The molecule has 0 aromatic heterocycles. The number of rotatable bonds is 1. The Kier molecular flexibility index (Phi) is 2.92. The second-order valence-corrected chi connectivity index (χ2v) is 6.32. The number of hydrogen-bond donors (Lipinski definition) is 0. The molecule has 1 aromatic rings. The minimum atomic E-state index is -0.828. The van der Waals surface area contributed by atoms with E-state index < -0.39 is 11.1 Å². The van der Waals surface area contributed by atoms with Crippen LogP contribution in [0.15, 0.2) is 30.3 Å². The molecular formula is C15H20N2O2. The Labute approximate surface area is 114 Å². The second kappa shape index (κ2) is 4.08. The van der Waals surface area contributed by atoms with Gasteiger partial charge in [-0.05, 0) is 46.8 Å². The van der Waals surface area contributed by atoms with Crippen molar-refractivity contribution in [3.63, 3.8) is 0 Å². The number of hydrogen-bond acceptors (Lipinski definition) is 2. The molecule has 1 aromatic carbocycles. The van der Waals surface area contributed by atoms with Crippen molar-refractivity contribution in [2.45, 2.75) is 45.7 Å². The number of para-hydroxylation sites is 1. The molecule has 0 aliphatic carbocycles. The molecule has 0 bridgehead atoms. The van der Waals surface area contributed by atoms with Gasteiger partial charge in [0.1, 0.15) is 5.54 Å². The predicted molar refractivity (Wildman–Crippen MR) is 75.0 cm³/mol. The number of carbonyl (C=O) groups is 2. The van der Waals surface area contributed by atoms with Crippen molar-refractivity contribution in [2.24, 2.45) is 0 Å². The van der Waals surface area contributed by atoms with Crippen LogP contribution in [0.1, 0.15) is 34.6 Å². The van der Waals surface area contributed by atoms with E-state index >= 15 is 0 Å². The highest BCUT2D eigenvalue weighted by molar-refractivity contribution is 6.23. The normalized spacial score (nSPS) is 19.2. The van der Waals surface area contributed by atoms with E-state index in [1.54, 1.807) is 30.9 Å². The van der Waals surface area contributed by atoms with E-state index in [0.717, 1.165) is 0 Å². The number of nitrogens with zero attached hydrogens (tertiary/aromatic N) is 2. The molecule has 1 aliphatic heterocycles. The first-order valence-corrected chi connectivity index (χ1v) is 6.41. The van der Waals surface area contributed by atoms with Gasteiger partial charge in [0.05, 0.1) is 5.69 Å². The van der Waals surface area contributed by atoms with Crippen molar-refractivity contribution in [1.29, 1.82) is 0 Å². The Morgan fingerprint density at radius 2 is 1.53 bits per heavy atom. The first kappa shape index (κ1) is 13.6. The zero-order valence-electron chi connectivity index (χ0n) is 12.1. The maximum atomic E-state index is 12.6. The molecule has 2 rings (SSSR count). The van der Waals surface area contributed by atoms with Gasteiger partial charge in [0, 0.05) is 5.54 Å². The van der Waals surface area contributed by atoms with Gasteiger partial charge in [0.15, 0.2) is 0 Å². The molecule has 0 spiro atoms. The molecule has 19 heavy (non-hydrogen) atoms. The summed E-state index contributed by atoms with van der Waals surface area (Å²) in [4.78, 5) is 28.1. The molecule has 102 valence electrons. The second-order valence-electron chi connectivity index (χ2n) is 6.32. The van der Waals surface area contributed by atoms with Crippen LogP contribution in [0, 0.1) is 0 Å². The lowest BCUT2D eigenvalue weighted by atomic mass is 9.96. The third kappa shape index (κ3) is 2.01. The van der Waals surface area contributed by atoms with Crippen LogP contribution in [0.2, 0.25) is 0 Å². The van der Waals surface area contributed by atoms with E-state index in [1.807, 2.05) is 39.0 Å². The lowest BCUT2D eigenvalue weighted by molar-refractivity contribution is -0.124. The fourth-order valence-corrected chi connectivity index (χ4v) is 2.73. The smallest absolute Gasteiger partial charge is 0.305 e. The average Bonchev–Trinajstić information content (AvgIpc) is 2.45. The van der Waals surface area contributed by atoms with Crippen LogP contribution in [0.5, 0.6) is 0 Å². The van der Waals surface area contributed by atoms with E-state index in [0.29, 0.717) is 5.69 Å². The van der Waals surface area contributed by atoms with Gasteiger partial charge < -0.3 is 4.90 Å². The van der Waals surface area contributed by atoms with E-state index in [1.165, 1.54) is 4.90 Å². The first-order chi connectivity index (χ1) is 8.67. The summed E-state index contributed by atoms with van der Waals surface area (Å²) in [5, 5.41) is 0. The Morgan fingerprint density at radius 3 is 1.95 bits per heavy atom. The van der Waals surface area contributed by atoms with Gasteiger partial charge in [-0.15, -0.1) is 0 Å². The Balaban J connectivity index is 2.51. The maximum absolute atomic E-state index is 12.6. The van der Waals surface area contributed by atoms with Crippen molar-refractivity contribution in [2.75, 3.05) is 4.90 Å². The largest absolute Gasteiger partial charge is 0.332 e. The highest BCUT2D eigenvalue weighted by atomic mass is 16.2. The van der Waals surface area contributed by atoms with Gasteiger partial charge in [0.25, 0.3) is 5.91 Å². The van der Waals surface area contributed by atoms with E-state index in [9.17, 15) is 9.59 Å². The number of imide groups is 1. The zero-order chi connectivity index (χ0) is 14.4. The van der Waals surface area contributed by atoms with Crippen molar-refractivity contribution in [3.05, 3.63) is 30.3 Å². The molecule has 3 amide bonds. The molecule has 1 aliphatic rings. The third-order valence-electron chi connectivity index (χ3n) is 3.35. The molecule has 0 unspecified atom stereocenters. The number of benzene rings is 1. The summed E-state index contributed by atoms with van der Waals surface area (Å²) < 4.78 is 0. The van der Waals surface area contributed by atoms with Gasteiger partial charge in [-0.25, -0.2) is 9.69 Å². The molecule has 4 heteroatoms. The van der Waals surface area contributed by atoms with E-state index in [4.69, 9.17) is 0 Å². The Hall–Kier alpha value is -1.84. The van der Waals surface area contributed by atoms with Crippen LogP contribution < -0.4 is 4.90 Å². The fraction of sp³-hybridized carbons (Fsp3) is 0.467. The highest BCUT2D eigenvalue weighted by Gasteiger charge is 2.55. The summed E-state index contributed by atoms with van der Waals surface area (Å²) in [6.07, 6.45) is 0. The van der Waals surface area contributed by atoms with Crippen LogP contribution >= 0.6 is 0 Å². The van der Waals surface area contributed by atoms with Gasteiger partial charge >= 0.3 is 6.03 Å². The summed E-state index contributed by atoms with van der Waals surface area (Å²) in [5.74, 6) is -0.182. The zero-order valence-corrected chi connectivity index (χ0v) is 12.1. The molecule has 1 fully saturated rings. The fourth-order valence-electron chi connectivity index (χ4n) is 2.73. The van der Waals surface area contributed by atoms with Crippen LogP contribution in [0.4, 0.5) is 10.5 Å². The van der Waals surface area contributed by atoms with E-state index in [-0.39, 0.29) is 11.9 Å². The standard InChI is InChI=1S/C15H20N2O2/c1-14(2,3)17-13(19)16(12(18)15(17,4)5)11-9-7-6-8-10-11/h6-10H,1-5H3. The number of anilines is 1. The number of amides is 3. The molecule has 4 nitrogen and oxygen atoms in total. The molecule has 0 saturated carbocycles. The van der Waals surface area contributed by atoms with Crippen LogP contribution in [-0.2, 0) is 4.79 Å². The molecule has 0 atom stereocenters. The Bertz CT molecular complexity index is 515. The lowest BCUT2D eigenvalue weighted by Crippen LogP contribution is -2.53. The SMILES string of the molecule is CC(C)(C)N1C(=O)N(c2ccccc2)C(=O)C1(C)C. The minimum Gasteiger partial charge on any atom is -0.305 e. The van der Waals surface area contributed by atoms with Crippen molar-refractivity contribution < 1.29 is 9.59 Å². The summed E-state index contributed by atoms with van der Waals surface area (Å²) in [7, 11) is 0. The van der Waals surface area contributed by atoms with Crippen LogP contribution in [0.3, 0.4) is 0 Å². The third-order valence-corrected chi connectivity index (χ3v) is 3.35. The monoisotopic (exact) mass is 260 g/mol. The number of urea groups is 1. The quantitative estimate of drug-likeness (QED) is 0.728. The maximum Gasteiger partial charge on any atom is 0.332 e. The van der Waals surface area contributed by atoms with Gasteiger partial charge in [-0.3, -0.25) is 4.79 Å². The molecule has 1 heterocycles. The van der Waals surface area contributed by atoms with Crippen LogP contribution in [-0.4, -0.2) is 27.9 Å². The lowest BCUT2D eigenvalue weighted by Gasteiger charge is -2.39. The van der Waals surface area contributed by atoms with E-state index in [2.05, 4.69) is 0 Å². The molecular weight excluding hydrogens is 240 g/mol. The highest BCUT2D eigenvalue weighted by Crippen LogP contribution is 2.36. The summed E-state index contributed by atoms with van der Waals surface area (Å²) in [5.41, 5.74) is -0.609. The average molecular weight is 260 g/mol. The van der Waals surface area contributed by atoms with Gasteiger partial charge in [0.2, 0.25) is 0 Å². The molecule has 1 saturated heterocycles. The van der Waals surface area contributed by atoms with Crippen LogP contribution in [0.25, 0.3) is 0 Å².